The van der Waals surface area contributed by atoms with Crippen molar-refractivity contribution in [3.8, 4) is 61.8 Å². The van der Waals surface area contributed by atoms with E-state index in [9.17, 15) is 0 Å². The van der Waals surface area contributed by atoms with Gasteiger partial charge in [0.2, 0.25) is 0 Å². The van der Waals surface area contributed by atoms with E-state index in [0.717, 1.165) is 66.9 Å². The number of hydrogen-bond donors (Lipinski definition) is 0. The standard InChI is InChI=1S/C77H73N4O.Pt/c1-50-23-21-26-54(41-50)65-48-78-72(47-67(65)77(11,12)13)81-68-30-18-17-29-60(68)61-39-38-59(46-71(61)81)82-58-28-22-27-57(45-58)79-49-80(70-32-20-19-31-69(70)79)73-62(53-35-33-52(34-36-53)51-24-15-14-16-25-51)43-56(75(5,6)7)44-64(73)63-42-55(74(2,3)4)37-40-66(63)76(8,9)10;/h14-44,47-49H,1-13H3;/q-3;/i1D3,21D,23D,26D,41D;. The number of anilines is 4. The normalized spacial score (nSPS) is 14.3. The minimum atomic E-state index is -2.85. The van der Waals surface area contributed by atoms with Crippen molar-refractivity contribution in [2.75, 3.05) is 9.80 Å². The van der Waals surface area contributed by atoms with E-state index in [1.54, 1.807) is 6.20 Å². The smallest absolute Gasteiger partial charge is 0.135 e. The van der Waals surface area contributed by atoms with Gasteiger partial charge in [0.15, 0.2) is 0 Å². The Kier molecular flexibility index (Phi) is 12.7. The number of nitrogens with zero attached hydrogens (tertiary/aromatic N) is 4. The summed E-state index contributed by atoms with van der Waals surface area (Å²) >= 11 is 0. The molecule has 83 heavy (non-hydrogen) atoms. The molecule has 2 aromatic heterocycles. The Morgan fingerprint density at radius 1 is 0.506 bits per heavy atom. The third-order valence-electron chi connectivity index (χ3n) is 15.7. The predicted molar refractivity (Wildman–Crippen MR) is 346 cm³/mol. The van der Waals surface area contributed by atoms with Gasteiger partial charge >= 0.3 is 0 Å². The average Bonchev–Trinajstić information content (AvgIpc) is 1.33. The monoisotopic (exact) mass is 1270 g/mol. The van der Waals surface area contributed by atoms with Crippen LogP contribution < -0.4 is 14.5 Å². The second-order valence-corrected chi connectivity index (χ2v) is 25.7. The average molecular weight is 1270 g/mol. The quantitative estimate of drug-likeness (QED) is 0.135. The summed E-state index contributed by atoms with van der Waals surface area (Å²) in [5.41, 5.74) is 15.3. The van der Waals surface area contributed by atoms with Gasteiger partial charge in [-0.05, 0) is 120 Å². The van der Waals surface area contributed by atoms with Crippen LogP contribution in [0.3, 0.4) is 0 Å². The number of rotatable bonds is 9. The van der Waals surface area contributed by atoms with Crippen molar-refractivity contribution in [3.05, 3.63) is 247 Å². The number of pyridine rings is 1. The van der Waals surface area contributed by atoms with Gasteiger partial charge in [0.1, 0.15) is 5.82 Å². The Bertz CT molecular complexity index is 4580. The number of fused-ring (bicyclic) bond motifs is 4. The Labute approximate surface area is 516 Å². The third-order valence-corrected chi connectivity index (χ3v) is 15.7. The van der Waals surface area contributed by atoms with Crippen LogP contribution >= 0.6 is 0 Å². The summed E-state index contributed by atoms with van der Waals surface area (Å²) in [6, 6.07) is 65.0. The van der Waals surface area contributed by atoms with Gasteiger partial charge in [0.25, 0.3) is 0 Å². The molecule has 0 spiro atoms. The summed E-state index contributed by atoms with van der Waals surface area (Å²) in [5.74, 6) is 1.45. The number of aromatic nitrogens is 2. The number of benzene rings is 9. The summed E-state index contributed by atoms with van der Waals surface area (Å²) < 4.78 is 68.6. The molecule has 0 atom stereocenters. The Hall–Kier alpha value is -7.98. The molecule has 9 aromatic carbocycles. The van der Waals surface area contributed by atoms with Gasteiger partial charge in [-0.25, -0.2) is 4.98 Å². The topological polar surface area (TPSA) is 33.5 Å². The number of ether oxygens (including phenoxy) is 1. The van der Waals surface area contributed by atoms with Crippen LogP contribution in [-0.2, 0) is 42.7 Å². The minimum absolute atomic E-state index is 0. The Morgan fingerprint density at radius 2 is 1.14 bits per heavy atom. The zero-order valence-electron chi connectivity index (χ0n) is 56.3. The van der Waals surface area contributed by atoms with Gasteiger partial charge in [0.05, 0.1) is 5.48 Å². The van der Waals surface area contributed by atoms with E-state index in [1.807, 2.05) is 73.9 Å². The van der Waals surface area contributed by atoms with E-state index in [2.05, 4.69) is 212 Å². The van der Waals surface area contributed by atoms with Crippen LogP contribution in [0.15, 0.2) is 200 Å². The molecule has 12 rings (SSSR count). The van der Waals surface area contributed by atoms with Crippen molar-refractivity contribution in [1.82, 2.24) is 9.55 Å². The molecule has 0 fully saturated rings. The summed E-state index contributed by atoms with van der Waals surface area (Å²) in [4.78, 5) is 9.55. The van der Waals surface area contributed by atoms with Crippen molar-refractivity contribution in [3.63, 3.8) is 0 Å². The van der Waals surface area contributed by atoms with Crippen LogP contribution in [0.2, 0.25) is 0 Å². The molecule has 5 nitrogen and oxygen atoms in total. The van der Waals surface area contributed by atoms with E-state index in [0.29, 0.717) is 34.0 Å². The molecule has 0 saturated heterocycles. The molecule has 6 heteroatoms. The zero-order chi connectivity index (χ0) is 63.4. The largest absolute Gasteiger partial charge is 0.509 e. The molecular weight excluding hydrogens is 1190 g/mol. The van der Waals surface area contributed by atoms with E-state index >= 15 is 0 Å². The molecule has 0 aliphatic carbocycles. The van der Waals surface area contributed by atoms with Crippen molar-refractivity contribution in [1.29, 1.82) is 0 Å². The van der Waals surface area contributed by atoms with Gasteiger partial charge in [-0.2, -0.15) is 12.1 Å². The fraction of sp³-hybridized carbons (Fsp3) is 0.221. The second-order valence-electron chi connectivity index (χ2n) is 25.7. The van der Waals surface area contributed by atoms with Crippen molar-refractivity contribution in [2.45, 2.75) is 112 Å². The molecule has 1 aliphatic rings. The third kappa shape index (κ3) is 11.0. The van der Waals surface area contributed by atoms with Crippen LogP contribution in [0.1, 0.15) is 120 Å². The van der Waals surface area contributed by atoms with Gasteiger partial charge in [-0.1, -0.05) is 221 Å². The van der Waals surface area contributed by atoms with E-state index in [1.165, 1.54) is 22.3 Å². The van der Waals surface area contributed by atoms with Gasteiger partial charge in [0, 0.05) is 82.1 Å². The van der Waals surface area contributed by atoms with Gasteiger partial charge in [-0.3, -0.25) is 0 Å². The van der Waals surface area contributed by atoms with Crippen LogP contribution in [0.5, 0.6) is 11.5 Å². The molecule has 3 heterocycles. The summed E-state index contributed by atoms with van der Waals surface area (Å²) in [7, 11) is 0. The van der Waals surface area contributed by atoms with Crippen LogP contribution in [0.4, 0.5) is 22.7 Å². The van der Waals surface area contributed by atoms with Crippen LogP contribution in [0, 0.1) is 25.7 Å². The Balaban J connectivity index is 0.00000833. The fourth-order valence-corrected chi connectivity index (χ4v) is 11.4. The van der Waals surface area contributed by atoms with Crippen molar-refractivity contribution in [2.24, 2.45) is 0 Å². The first-order valence-electron chi connectivity index (χ1n) is 31.8. The van der Waals surface area contributed by atoms with Crippen LogP contribution in [0.25, 0.3) is 72.1 Å². The maximum atomic E-state index is 9.11. The molecule has 0 amide bonds. The molecule has 0 unspecified atom stereocenters. The molecule has 1 aliphatic heterocycles. The first-order valence-corrected chi connectivity index (χ1v) is 28.3. The first kappa shape index (κ1) is 48.5. The van der Waals surface area contributed by atoms with E-state index in [4.69, 9.17) is 19.3 Å². The van der Waals surface area contributed by atoms with Crippen molar-refractivity contribution >= 4 is 44.6 Å². The first-order chi connectivity index (χ1) is 42.0. The summed E-state index contributed by atoms with van der Waals surface area (Å²) in [6.45, 7) is 26.0. The van der Waals surface area contributed by atoms with E-state index in [-0.39, 0.29) is 42.9 Å². The SMILES string of the molecule is [2H]c1c([2H])c(-c2cnc(-n3c4[c-]c(Oc5[c-]c(N6[CH-]N(c7c(-c8ccc(-c9ccccc9)cc8)cc(C(C)(C)C)cc7-c7cc(C(C)(C)C)ccc7C(C)(C)C)c7ccccc76)ccc5)ccc4c4ccccc43)cc2C(C)(C)C)c([2H])c(C([2H])([2H])[2H])c1[2H].[Pt]. The van der Waals surface area contributed by atoms with Crippen LogP contribution in [-0.4, -0.2) is 9.55 Å². The zero-order valence-corrected chi connectivity index (χ0v) is 51.6. The molecule has 420 valence electrons. The Morgan fingerprint density at radius 3 is 1.86 bits per heavy atom. The maximum Gasteiger partial charge on any atom is 0.135 e. The van der Waals surface area contributed by atoms with Gasteiger partial charge in [-0.15, -0.1) is 48.1 Å². The maximum absolute atomic E-state index is 9.11. The fourth-order valence-electron chi connectivity index (χ4n) is 11.4. The molecule has 11 aromatic rings. The molecular formula is C77H73N4OPt-3. The second kappa shape index (κ2) is 21.6. The van der Waals surface area contributed by atoms with Gasteiger partial charge < -0.3 is 19.1 Å². The van der Waals surface area contributed by atoms with Crippen molar-refractivity contribution < 1.29 is 35.4 Å². The molecule has 0 bridgehead atoms. The molecule has 0 N–H and O–H groups in total. The minimum Gasteiger partial charge on any atom is -0.509 e. The van der Waals surface area contributed by atoms with E-state index < -0.39 is 42.0 Å². The summed E-state index contributed by atoms with van der Waals surface area (Å²) in [5, 5.41) is 1.87. The molecule has 0 radical (unpaired) electrons. The number of hydrogen-bond acceptors (Lipinski definition) is 4. The molecule has 0 saturated carbocycles. The summed E-state index contributed by atoms with van der Waals surface area (Å²) in [6.07, 6.45) is 1.56. The predicted octanol–water partition coefficient (Wildman–Crippen LogP) is 21.1. The number of para-hydroxylation sites is 3.